The number of nitrogens with zero attached hydrogens (tertiary/aromatic N) is 2. The van der Waals surface area contributed by atoms with E-state index in [0.29, 0.717) is 5.13 Å². The largest absolute Gasteiger partial charge is 0.375 e. The van der Waals surface area contributed by atoms with Crippen LogP contribution in [0.3, 0.4) is 0 Å². The van der Waals surface area contributed by atoms with Crippen LogP contribution in [-0.4, -0.2) is 34.6 Å². The van der Waals surface area contributed by atoms with Gasteiger partial charge in [0.1, 0.15) is 12.3 Å². The Bertz CT molecular complexity index is 750. The number of rotatable bonds is 4. The van der Waals surface area contributed by atoms with E-state index in [-0.39, 0.29) is 12.5 Å². The van der Waals surface area contributed by atoms with Crippen molar-refractivity contribution >= 4 is 33.4 Å². The predicted octanol–water partition coefficient (Wildman–Crippen LogP) is 2.27. The van der Waals surface area contributed by atoms with Crippen LogP contribution in [0.5, 0.6) is 0 Å². The van der Waals surface area contributed by atoms with Crippen LogP contribution in [0.2, 0.25) is 0 Å². The highest BCUT2D eigenvalue weighted by atomic mass is 32.1. The van der Waals surface area contributed by atoms with Crippen LogP contribution >= 0.6 is 11.3 Å². The minimum absolute atomic E-state index is 0.0198. The highest BCUT2D eigenvalue weighted by molar-refractivity contribution is 7.14. The fourth-order valence-electron chi connectivity index (χ4n) is 1.91. The van der Waals surface area contributed by atoms with Crippen molar-refractivity contribution in [3.8, 4) is 11.3 Å². The lowest BCUT2D eigenvalue weighted by Gasteiger charge is -1.99. The summed E-state index contributed by atoms with van der Waals surface area (Å²) in [5.41, 5.74) is 2.60. The molecule has 0 aliphatic carbocycles. The number of hydrogen-bond donors (Lipinski definition) is 2. The van der Waals surface area contributed by atoms with Gasteiger partial charge in [-0.3, -0.25) is 10.1 Å². The molecular weight excluding hydrogens is 276 g/mol. The van der Waals surface area contributed by atoms with Gasteiger partial charge < -0.3 is 9.72 Å². The van der Waals surface area contributed by atoms with Crippen molar-refractivity contribution < 1.29 is 9.53 Å². The Kier molecular flexibility index (Phi) is 3.44. The standard InChI is InChI=1S/C13H12N4O2S/c1-19-6-11(18)17-13-16-10(7-20-13)9-5-15-12-8(9)3-2-4-14-12/h2-5,7H,6H2,1H3,(H,14,15)(H,16,17,18). The van der Waals surface area contributed by atoms with Gasteiger partial charge in [0.15, 0.2) is 5.13 Å². The molecule has 3 aromatic heterocycles. The molecule has 2 N–H and O–H groups in total. The number of hydrogen-bond acceptors (Lipinski definition) is 5. The summed E-state index contributed by atoms with van der Waals surface area (Å²) >= 11 is 1.38. The van der Waals surface area contributed by atoms with E-state index in [1.54, 1.807) is 6.20 Å². The van der Waals surface area contributed by atoms with E-state index in [9.17, 15) is 4.79 Å². The summed E-state index contributed by atoms with van der Waals surface area (Å²) in [5.74, 6) is -0.214. The molecule has 0 atom stereocenters. The molecule has 0 saturated carbocycles. The Morgan fingerprint density at radius 2 is 2.45 bits per heavy atom. The number of ether oxygens (including phenoxy) is 1. The Labute approximate surface area is 118 Å². The summed E-state index contributed by atoms with van der Waals surface area (Å²) in [4.78, 5) is 23.2. The lowest BCUT2D eigenvalue weighted by Crippen LogP contribution is -2.16. The second kappa shape index (κ2) is 5.40. The predicted molar refractivity (Wildman–Crippen MR) is 77.7 cm³/mol. The van der Waals surface area contributed by atoms with Gasteiger partial charge in [-0.1, -0.05) is 0 Å². The van der Waals surface area contributed by atoms with E-state index in [4.69, 9.17) is 4.74 Å². The summed E-state index contributed by atoms with van der Waals surface area (Å²) in [6, 6.07) is 3.87. The number of aromatic nitrogens is 3. The number of anilines is 1. The number of thiazole rings is 1. The fourth-order valence-corrected chi connectivity index (χ4v) is 2.64. The number of aromatic amines is 1. The van der Waals surface area contributed by atoms with Gasteiger partial charge in [-0.15, -0.1) is 11.3 Å². The zero-order chi connectivity index (χ0) is 13.9. The van der Waals surface area contributed by atoms with Crippen LogP contribution in [0.1, 0.15) is 0 Å². The third-order valence-electron chi connectivity index (χ3n) is 2.75. The molecule has 0 aliphatic rings. The molecule has 0 saturated heterocycles. The molecule has 0 aromatic carbocycles. The first-order valence-electron chi connectivity index (χ1n) is 5.94. The number of amides is 1. The third-order valence-corrected chi connectivity index (χ3v) is 3.51. The average Bonchev–Trinajstić information content (AvgIpc) is 3.05. The first kappa shape index (κ1) is 12.8. The number of pyridine rings is 1. The van der Waals surface area contributed by atoms with Gasteiger partial charge >= 0.3 is 0 Å². The minimum atomic E-state index is -0.214. The molecule has 3 aromatic rings. The second-order valence-corrected chi connectivity index (χ2v) is 4.98. The van der Waals surface area contributed by atoms with E-state index < -0.39 is 0 Å². The van der Waals surface area contributed by atoms with E-state index in [1.807, 2.05) is 23.7 Å². The maximum atomic E-state index is 11.4. The molecule has 0 radical (unpaired) electrons. The first-order chi connectivity index (χ1) is 9.78. The lowest BCUT2D eigenvalue weighted by atomic mass is 10.2. The molecule has 7 heteroatoms. The number of nitrogens with one attached hydrogen (secondary N) is 2. The number of carbonyl (C=O) groups is 1. The summed E-state index contributed by atoms with van der Waals surface area (Å²) in [7, 11) is 1.48. The van der Waals surface area contributed by atoms with Crippen LogP contribution in [0, 0.1) is 0 Å². The minimum Gasteiger partial charge on any atom is -0.375 e. The number of fused-ring (bicyclic) bond motifs is 1. The van der Waals surface area contributed by atoms with Crippen LogP contribution in [0.15, 0.2) is 29.9 Å². The Morgan fingerprint density at radius 1 is 1.55 bits per heavy atom. The van der Waals surface area contributed by atoms with Gasteiger partial charge in [-0.05, 0) is 12.1 Å². The smallest absolute Gasteiger partial charge is 0.252 e. The van der Waals surface area contributed by atoms with Crippen LogP contribution in [-0.2, 0) is 9.53 Å². The zero-order valence-electron chi connectivity index (χ0n) is 10.7. The molecule has 102 valence electrons. The molecule has 20 heavy (non-hydrogen) atoms. The molecule has 0 bridgehead atoms. The second-order valence-electron chi connectivity index (χ2n) is 4.12. The van der Waals surface area contributed by atoms with Crippen LogP contribution in [0.4, 0.5) is 5.13 Å². The van der Waals surface area contributed by atoms with Crippen molar-refractivity contribution in [2.45, 2.75) is 0 Å². The summed E-state index contributed by atoms with van der Waals surface area (Å²) in [6.45, 7) is 0.0198. The quantitative estimate of drug-likeness (QED) is 0.771. The number of carbonyl (C=O) groups excluding carboxylic acids is 1. The molecule has 1 amide bonds. The van der Waals surface area contributed by atoms with Crippen molar-refractivity contribution in [2.24, 2.45) is 0 Å². The topological polar surface area (TPSA) is 79.9 Å². The normalized spacial score (nSPS) is 10.8. The van der Waals surface area contributed by atoms with Gasteiger partial charge in [0, 0.05) is 35.8 Å². The van der Waals surface area contributed by atoms with E-state index >= 15 is 0 Å². The zero-order valence-corrected chi connectivity index (χ0v) is 11.5. The Morgan fingerprint density at radius 3 is 3.30 bits per heavy atom. The van der Waals surface area contributed by atoms with Gasteiger partial charge in [0.2, 0.25) is 0 Å². The molecule has 3 heterocycles. The van der Waals surface area contributed by atoms with Crippen molar-refractivity contribution in [3.05, 3.63) is 29.9 Å². The van der Waals surface area contributed by atoms with Gasteiger partial charge in [-0.25, -0.2) is 9.97 Å². The number of H-pyrrole nitrogens is 1. The van der Waals surface area contributed by atoms with Crippen molar-refractivity contribution in [1.82, 2.24) is 15.0 Å². The third kappa shape index (κ3) is 2.40. The maximum Gasteiger partial charge on any atom is 0.252 e. The van der Waals surface area contributed by atoms with Gasteiger partial charge in [0.05, 0.1) is 5.69 Å². The summed E-state index contributed by atoms with van der Waals surface area (Å²) in [6.07, 6.45) is 3.60. The van der Waals surface area contributed by atoms with E-state index in [2.05, 4.69) is 20.3 Å². The van der Waals surface area contributed by atoms with Crippen molar-refractivity contribution in [1.29, 1.82) is 0 Å². The molecule has 0 aliphatic heterocycles. The maximum absolute atomic E-state index is 11.4. The van der Waals surface area contributed by atoms with Crippen LogP contribution in [0.25, 0.3) is 22.3 Å². The number of methoxy groups -OCH3 is 1. The highest BCUT2D eigenvalue weighted by Crippen LogP contribution is 2.30. The highest BCUT2D eigenvalue weighted by Gasteiger charge is 2.11. The van der Waals surface area contributed by atoms with E-state index in [0.717, 1.165) is 22.3 Å². The van der Waals surface area contributed by atoms with Crippen molar-refractivity contribution in [3.63, 3.8) is 0 Å². The molecule has 0 spiro atoms. The molecule has 3 rings (SSSR count). The Balaban J connectivity index is 1.88. The molecule has 0 fully saturated rings. The SMILES string of the molecule is COCC(=O)Nc1nc(-c2c[nH]c3ncccc23)cs1. The molecule has 6 nitrogen and oxygen atoms in total. The lowest BCUT2D eigenvalue weighted by molar-refractivity contribution is -0.119. The van der Waals surface area contributed by atoms with Gasteiger partial charge in [-0.2, -0.15) is 0 Å². The van der Waals surface area contributed by atoms with Crippen LogP contribution < -0.4 is 5.32 Å². The summed E-state index contributed by atoms with van der Waals surface area (Å²) in [5, 5.41) is 6.15. The Hall–Kier alpha value is -2.25. The first-order valence-corrected chi connectivity index (χ1v) is 6.82. The fraction of sp³-hybridized carbons (Fsp3) is 0.154. The molecular formula is C13H12N4O2S. The monoisotopic (exact) mass is 288 g/mol. The summed E-state index contributed by atoms with van der Waals surface area (Å²) < 4.78 is 4.76. The molecule has 0 unspecified atom stereocenters. The average molecular weight is 288 g/mol. The van der Waals surface area contributed by atoms with Crippen molar-refractivity contribution in [2.75, 3.05) is 19.0 Å². The van der Waals surface area contributed by atoms with E-state index in [1.165, 1.54) is 18.4 Å². The van der Waals surface area contributed by atoms with Gasteiger partial charge in [0.25, 0.3) is 5.91 Å².